The summed E-state index contributed by atoms with van der Waals surface area (Å²) in [5, 5.41) is 9.85. The number of rotatable bonds is 4. The van der Waals surface area contributed by atoms with E-state index in [1.54, 1.807) is 11.0 Å². The monoisotopic (exact) mass is 376 g/mol. The Balaban J connectivity index is 1.45. The maximum atomic E-state index is 12.5. The van der Waals surface area contributed by atoms with E-state index in [9.17, 15) is 14.7 Å². The number of benzene rings is 2. The third-order valence-corrected chi connectivity index (χ3v) is 5.34. The van der Waals surface area contributed by atoms with E-state index in [2.05, 4.69) is 4.98 Å². The fraction of sp³-hybridized carbons (Fsp3) is 0.227. The lowest BCUT2D eigenvalue weighted by atomic mass is 9.73. The highest BCUT2D eigenvalue weighted by Gasteiger charge is 2.43. The molecule has 2 heterocycles. The second-order valence-corrected chi connectivity index (χ2v) is 6.93. The van der Waals surface area contributed by atoms with Gasteiger partial charge in [0, 0.05) is 25.2 Å². The molecule has 0 bridgehead atoms. The molecule has 1 amide bonds. The molecule has 0 radical (unpaired) electrons. The molecule has 1 saturated heterocycles. The fourth-order valence-electron chi connectivity index (χ4n) is 3.70. The largest absolute Gasteiger partial charge is 0.481 e. The molecule has 1 N–H and O–H groups in total. The number of piperidine rings is 1. The predicted molar refractivity (Wildman–Crippen MR) is 105 cm³/mol. The van der Waals surface area contributed by atoms with Crippen molar-refractivity contribution in [1.29, 1.82) is 0 Å². The summed E-state index contributed by atoms with van der Waals surface area (Å²) in [7, 11) is 0. The SMILES string of the molecule is O=C(/C=C/c1nc2ccccc2o1)N1CCC(C(=O)O)(c2ccccc2)CC1. The molecule has 6 nitrogen and oxygen atoms in total. The Morgan fingerprint density at radius 3 is 2.39 bits per heavy atom. The number of likely N-dealkylation sites (tertiary alicyclic amines) is 1. The standard InChI is InChI=1S/C22H20N2O4/c25-20(11-10-19-23-17-8-4-5-9-18(17)28-19)24-14-12-22(13-15-24,21(26)27)16-6-2-1-3-7-16/h1-11H,12-15H2,(H,26,27)/b11-10+. The summed E-state index contributed by atoms with van der Waals surface area (Å²) in [5.41, 5.74) is 1.25. The summed E-state index contributed by atoms with van der Waals surface area (Å²) in [6.45, 7) is 0.774. The van der Waals surface area contributed by atoms with Crippen LogP contribution in [0.25, 0.3) is 17.2 Å². The van der Waals surface area contributed by atoms with Crippen molar-refractivity contribution in [2.24, 2.45) is 0 Å². The molecule has 3 aromatic rings. The van der Waals surface area contributed by atoms with Crippen LogP contribution in [0.15, 0.2) is 65.1 Å². The maximum Gasteiger partial charge on any atom is 0.314 e. The Labute approximate surface area is 162 Å². The van der Waals surface area contributed by atoms with Gasteiger partial charge in [-0.05, 0) is 30.5 Å². The predicted octanol–water partition coefficient (Wildman–Crippen LogP) is 3.49. The van der Waals surface area contributed by atoms with Crippen LogP contribution in [-0.2, 0) is 15.0 Å². The van der Waals surface area contributed by atoms with Gasteiger partial charge in [0.05, 0.1) is 5.41 Å². The number of aromatic nitrogens is 1. The van der Waals surface area contributed by atoms with Gasteiger partial charge in [-0.3, -0.25) is 9.59 Å². The van der Waals surface area contributed by atoms with Crippen molar-refractivity contribution < 1.29 is 19.1 Å². The molecule has 28 heavy (non-hydrogen) atoms. The van der Waals surface area contributed by atoms with Gasteiger partial charge in [0.1, 0.15) is 5.52 Å². The average Bonchev–Trinajstić information content (AvgIpc) is 3.15. The molecule has 0 spiro atoms. The highest BCUT2D eigenvalue weighted by Crippen LogP contribution is 2.36. The van der Waals surface area contributed by atoms with Crippen molar-refractivity contribution in [2.75, 3.05) is 13.1 Å². The summed E-state index contributed by atoms with van der Waals surface area (Å²) < 4.78 is 5.58. The van der Waals surface area contributed by atoms with Gasteiger partial charge in [-0.15, -0.1) is 0 Å². The second kappa shape index (κ2) is 7.31. The zero-order chi connectivity index (χ0) is 19.6. The normalized spacial score (nSPS) is 16.5. The number of carbonyl (C=O) groups is 2. The summed E-state index contributed by atoms with van der Waals surface area (Å²) >= 11 is 0. The van der Waals surface area contributed by atoms with E-state index in [0.717, 1.165) is 11.1 Å². The van der Waals surface area contributed by atoms with Crippen LogP contribution < -0.4 is 0 Å². The van der Waals surface area contributed by atoms with Gasteiger partial charge in [-0.2, -0.15) is 0 Å². The Bertz CT molecular complexity index is 998. The van der Waals surface area contributed by atoms with Gasteiger partial charge in [0.15, 0.2) is 5.58 Å². The van der Waals surface area contributed by atoms with E-state index in [4.69, 9.17) is 4.42 Å². The van der Waals surface area contributed by atoms with E-state index >= 15 is 0 Å². The minimum atomic E-state index is -0.942. The van der Waals surface area contributed by atoms with Crippen molar-refractivity contribution in [1.82, 2.24) is 9.88 Å². The summed E-state index contributed by atoms with van der Waals surface area (Å²) in [4.78, 5) is 30.5. The minimum absolute atomic E-state index is 0.172. The Morgan fingerprint density at radius 2 is 1.71 bits per heavy atom. The molecule has 2 aromatic carbocycles. The lowest BCUT2D eigenvalue weighted by molar-refractivity contribution is -0.147. The number of para-hydroxylation sites is 2. The lowest BCUT2D eigenvalue weighted by Crippen LogP contribution is -2.48. The van der Waals surface area contributed by atoms with Crippen LogP contribution >= 0.6 is 0 Å². The lowest BCUT2D eigenvalue weighted by Gasteiger charge is -2.38. The zero-order valence-corrected chi connectivity index (χ0v) is 15.2. The molecule has 1 fully saturated rings. The molecular formula is C22H20N2O4. The third-order valence-electron chi connectivity index (χ3n) is 5.34. The number of oxazole rings is 1. The zero-order valence-electron chi connectivity index (χ0n) is 15.2. The number of fused-ring (bicyclic) bond motifs is 1. The maximum absolute atomic E-state index is 12.5. The van der Waals surface area contributed by atoms with E-state index in [1.807, 2.05) is 54.6 Å². The van der Waals surface area contributed by atoms with Gasteiger partial charge in [0.25, 0.3) is 0 Å². The first-order valence-electron chi connectivity index (χ1n) is 9.20. The number of nitrogens with zero attached hydrogens (tertiary/aromatic N) is 2. The van der Waals surface area contributed by atoms with Crippen molar-refractivity contribution >= 4 is 29.1 Å². The molecule has 1 aliphatic rings. The molecule has 0 saturated carbocycles. The Morgan fingerprint density at radius 1 is 1.04 bits per heavy atom. The quantitative estimate of drug-likeness (QED) is 0.705. The smallest absolute Gasteiger partial charge is 0.314 e. The first kappa shape index (κ1) is 18.0. The van der Waals surface area contributed by atoms with Crippen molar-refractivity contribution in [3.8, 4) is 0 Å². The number of aliphatic carboxylic acids is 1. The minimum Gasteiger partial charge on any atom is -0.481 e. The molecule has 0 unspecified atom stereocenters. The van der Waals surface area contributed by atoms with Gasteiger partial charge in [-0.25, -0.2) is 4.98 Å². The van der Waals surface area contributed by atoms with Crippen LogP contribution in [-0.4, -0.2) is 40.0 Å². The Kier molecular flexibility index (Phi) is 4.69. The van der Waals surface area contributed by atoms with Crippen LogP contribution in [0.2, 0.25) is 0 Å². The topological polar surface area (TPSA) is 83.6 Å². The van der Waals surface area contributed by atoms with Gasteiger partial charge in [-0.1, -0.05) is 42.5 Å². The number of carbonyl (C=O) groups excluding carboxylic acids is 1. The first-order valence-corrected chi connectivity index (χ1v) is 9.20. The van der Waals surface area contributed by atoms with Crippen LogP contribution in [0.3, 0.4) is 0 Å². The molecule has 1 aromatic heterocycles. The van der Waals surface area contributed by atoms with Crippen molar-refractivity contribution in [3.63, 3.8) is 0 Å². The summed E-state index contributed by atoms with van der Waals surface area (Å²) in [5.74, 6) is -0.641. The third kappa shape index (κ3) is 3.29. The molecule has 6 heteroatoms. The van der Waals surface area contributed by atoms with Crippen LogP contribution in [0.4, 0.5) is 0 Å². The molecule has 0 atom stereocenters. The van der Waals surface area contributed by atoms with Crippen LogP contribution in [0.1, 0.15) is 24.3 Å². The molecule has 4 rings (SSSR count). The number of carboxylic acids is 1. The molecule has 0 aliphatic carbocycles. The van der Waals surface area contributed by atoms with Crippen LogP contribution in [0.5, 0.6) is 0 Å². The number of carboxylic acid groups (broad SMARTS) is 1. The number of amides is 1. The average molecular weight is 376 g/mol. The highest BCUT2D eigenvalue weighted by molar-refractivity contribution is 5.92. The van der Waals surface area contributed by atoms with E-state index in [1.165, 1.54) is 6.08 Å². The molecular weight excluding hydrogens is 356 g/mol. The summed E-state index contributed by atoms with van der Waals surface area (Å²) in [6.07, 6.45) is 3.75. The number of hydrogen-bond acceptors (Lipinski definition) is 4. The first-order chi connectivity index (χ1) is 13.6. The van der Waals surface area contributed by atoms with Crippen LogP contribution in [0, 0.1) is 0 Å². The van der Waals surface area contributed by atoms with E-state index in [0.29, 0.717) is 37.4 Å². The number of hydrogen-bond donors (Lipinski definition) is 1. The Hall–Kier alpha value is -3.41. The summed E-state index contributed by atoms with van der Waals surface area (Å²) in [6, 6.07) is 16.7. The second-order valence-electron chi connectivity index (χ2n) is 6.93. The van der Waals surface area contributed by atoms with Gasteiger partial charge < -0.3 is 14.4 Å². The molecule has 142 valence electrons. The highest BCUT2D eigenvalue weighted by atomic mass is 16.4. The van der Waals surface area contributed by atoms with E-state index in [-0.39, 0.29) is 5.91 Å². The van der Waals surface area contributed by atoms with Crippen molar-refractivity contribution in [2.45, 2.75) is 18.3 Å². The van der Waals surface area contributed by atoms with Crippen molar-refractivity contribution in [3.05, 3.63) is 72.1 Å². The van der Waals surface area contributed by atoms with Gasteiger partial charge >= 0.3 is 5.97 Å². The fourth-order valence-corrected chi connectivity index (χ4v) is 3.70. The van der Waals surface area contributed by atoms with E-state index < -0.39 is 11.4 Å². The molecule has 1 aliphatic heterocycles. The van der Waals surface area contributed by atoms with Gasteiger partial charge in [0.2, 0.25) is 11.8 Å².